The molecule has 180 valence electrons. The van der Waals surface area contributed by atoms with Crippen LogP contribution in [0.4, 0.5) is 18.9 Å². The van der Waals surface area contributed by atoms with E-state index in [1.807, 2.05) is 0 Å². The average Bonchev–Trinajstić information content (AvgIpc) is 3.28. The quantitative estimate of drug-likeness (QED) is 0.357. The summed E-state index contributed by atoms with van der Waals surface area (Å²) in [7, 11) is 2.96. The third kappa shape index (κ3) is 4.48. The van der Waals surface area contributed by atoms with E-state index in [4.69, 9.17) is 27.6 Å². The van der Waals surface area contributed by atoms with Crippen LogP contribution in [0.5, 0.6) is 11.6 Å². The first-order valence-corrected chi connectivity index (χ1v) is 10.5. The van der Waals surface area contributed by atoms with Gasteiger partial charge in [0.25, 0.3) is 5.88 Å². The first-order valence-electron chi connectivity index (χ1n) is 10.1. The Hall–Kier alpha value is -3.81. The lowest BCUT2D eigenvalue weighted by Crippen LogP contribution is -2.31. The van der Waals surface area contributed by atoms with Crippen molar-refractivity contribution in [3.63, 3.8) is 0 Å². The van der Waals surface area contributed by atoms with Gasteiger partial charge in [-0.3, -0.25) is 0 Å². The summed E-state index contributed by atoms with van der Waals surface area (Å²) in [6, 6.07) is 11.1. The number of nitrogens with zero attached hydrogens (tertiary/aromatic N) is 4. The summed E-state index contributed by atoms with van der Waals surface area (Å²) < 4.78 is 50.0. The number of halogens is 4. The van der Waals surface area contributed by atoms with Crippen LogP contribution in [0.25, 0.3) is 15.7 Å². The van der Waals surface area contributed by atoms with Crippen molar-refractivity contribution in [1.29, 1.82) is 0 Å². The highest BCUT2D eigenvalue weighted by Crippen LogP contribution is 2.43. The molecule has 1 unspecified atom stereocenters. The summed E-state index contributed by atoms with van der Waals surface area (Å²) in [6.07, 6.45) is -1.57. The van der Waals surface area contributed by atoms with Gasteiger partial charge in [0, 0.05) is 12.4 Å². The lowest BCUT2D eigenvalue weighted by atomic mass is 9.83. The number of methoxy groups -OCH3 is 1. The molecule has 4 aromatic rings. The maximum atomic E-state index is 12.8. The van der Waals surface area contributed by atoms with Gasteiger partial charge in [-0.1, -0.05) is 41.9 Å². The van der Waals surface area contributed by atoms with Crippen molar-refractivity contribution < 1.29 is 27.8 Å². The number of imidazole rings is 1. The SMILES string of the molecule is [C-]#[N+]c1ccc(C(O)(c2ccc3nc(OC)c(OCC(F)(F)F)c(Cl)c3c2)c2cncn2C)cc1. The van der Waals surface area contributed by atoms with Gasteiger partial charge in [-0.05, 0) is 23.3 Å². The summed E-state index contributed by atoms with van der Waals surface area (Å²) in [5.74, 6) is -0.558. The van der Waals surface area contributed by atoms with Gasteiger partial charge < -0.3 is 19.1 Å². The summed E-state index contributed by atoms with van der Waals surface area (Å²) in [4.78, 5) is 11.7. The van der Waals surface area contributed by atoms with Crippen LogP contribution in [-0.2, 0) is 12.6 Å². The number of alkyl halides is 3. The van der Waals surface area contributed by atoms with Crippen molar-refractivity contribution in [1.82, 2.24) is 14.5 Å². The zero-order valence-electron chi connectivity index (χ0n) is 18.5. The molecule has 35 heavy (non-hydrogen) atoms. The van der Waals surface area contributed by atoms with Crippen molar-refractivity contribution >= 4 is 28.2 Å². The van der Waals surface area contributed by atoms with Crippen LogP contribution in [0.2, 0.25) is 5.02 Å². The normalized spacial score (nSPS) is 13.3. The zero-order chi connectivity index (χ0) is 25.4. The number of hydrogen-bond donors (Lipinski definition) is 1. The zero-order valence-corrected chi connectivity index (χ0v) is 19.2. The Kier molecular flexibility index (Phi) is 6.32. The van der Waals surface area contributed by atoms with Crippen molar-refractivity contribution in [2.24, 2.45) is 7.05 Å². The number of hydrogen-bond acceptors (Lipinski definition) is 5. The van der Waals surface area contributed by atoms with E-state index in [0.717, 1.165) is 0 Å². The number of aliphatic hydroxyl groups is 1. The molecule has 7 nitrogen and oxygen atoms in total. The number of aromatic nitrogens is 3. The van der Waals surface area contributed by atoms with E-state index in [9.17, 15) is 18.3 Å². The largest absolute Gasteiger partial charge is 0.478 e. The maximum absolute atomic E-state index is 12.8. The molecular weight excluding hydrogens is 485 g/mol. The molecule has 2 heterocycles. The Morgan fingerprint density at radius 2 is 1.83 bits per heavy atom. The lowest BCUT2D eigenvalue weighted by Gasteiger charge is -2.30. The first kappa shape index (κ1) is 24.3. The van der Waals surface area contributed by atoms with Crippen LogP contribution in [0.1, 0.15) is 16.8 Å². The van der Waals surface area contributed by atoms with Crippen molar-refractivity contribution in [2.45, 2.75) is 11.8 Å². The molecule has 0 bridgehead atoms. The van der Waals surface area contributed by atoms with E-state index in [-0.39, 0.29) is 22.0 Å². The molecule has 0 aliphatic heterocycles. The molecule has 2 aromatic heterocycles. The van der Waals surface area contributed by atoms with E-state index >= 15 is 0 Å². The highest BCUT2D eigenvalue weighted by Gasteiger charge is 2.37. The maximum Gasteiger partial charge on any atom is 0.422 e. The summed E-state index contributed by atoms with van der Waals surface area (Å²) in [5, 5.41) is 12.2. The molecule has 0 saturated carbocycles. The molecule has 0 spiro atoms. The number of fused-ring (bicyclic) bond motifs is 1. The van der Waals surface area contributed by atoms with Gasteiger partial charge in [-0.25, -0.2) is 14.8 Å². The van der Waals surface area contributed by atoms with Crippen molar-refractivity contribution in [3.05, 3.63) is 88.2 Å². The monoisotopic (exact) mass is 502 g/mol. The van der Waals surface area contributed by atoms with Crippen LogP contribution >= 0.6 is 11.6 Å². The molecular formula is C24H18ClF3N4O3. The Morgan fingerprint density at radius 1 is 1.14 bits per heavy atom. The minimum absolute atomic E-state index is 0.145. The van der Waals surface area contributed by atoms with E-state index in [0.29, 0.717) is 28.0 Å². The van der Waals surface area contributed by atoms with Gasteiger partial charge in [-0.2, -0.15) is 13.2 Å². The average molecular weight is 503 g/mol. The Labute approximate surface area is 203 Å². The molecule has 11 heteroatoms. The number of ether oxygens (including phenoxy) is 2. The fourth-order valence-corrected chi connectivity index (χ4v) is 4.06. The van der Waals surface area contributed by atoms with Gasteiger partial charge in [-0.15, -0.1) is 0 Å². The van der Waals surface area contributed by atoms with Gasteiger partial charge in [0.2, 0.25) is 5.75 Å². The second kappa shape index (κ2) is 9.09. The summed E-state index contributed by atoms with van der Waals surface area (Å²) in [5.41, 5.74) is 0.185. The van der Waals surface area contributed by atoms with Crippen LogP contribution in [0, 0.1) is 6.57 Å². The molecule has 4 rings (SSSR count). The fraction of sp³-hybridized carbons (Fsp3) is 0.208. The summed E-state index contributed by atoms with van der Waals surface area (Å²) in [6.45, 7) is 5.60. The predicted octanol–water partition coefficient (Wildman–Crippen LogP) is 5.41. The third-order valence-electron chi connectivity index (χ3n) is 5.44. The fourth-order valence-electron chi connectivity index (χ4n) is 3.77. The minimum Gasteiger partial charge on any atom is -0.478 e. The smallest absolute Gasteiger partial charge is 0.422 e. The number of rotatable bonds is 6. The number of benzene rings is 2. The topological polar surface area (TPSA) is 73.8 Å². The van der Waals surface area contributed by atoms with Crippen LogP contribution in [-0.4, -0.2) is 39.5 Å². The Bertz CT molecular complexity index is 1430. The van der Waals surface area contributed by atoms with Crippen molar-refractivity contribution in [3.8, 4) is 11.6 Å². The lowest BCUT2D eigenvalue weighted by molar-refractivity contribution is -0.153. The standard InChI is InChI=1S/C24H18ClF3N4O3/c1-29-16-7-4-14(5-8-16)24(33,19-11-30-13-32(19)2)15-6-9-18-17(10-15)20(25)21(22(31-18)34-3)35-12-23(26,27)28/h4-11,13,33H,12H2,2-3H3. The third-order valence-corrected chi connectivity index (χ3v) is 5.82. The van der Waals surface area contributed by atoms with Crippen LogP contribution in [0.3, 0.4) is 0 Å². The first-order chi connectivity index (χ1) is 16.6. The molecule has 0 amide bonds. The van der Waals surface area contributed by atoms with Gasteiger partial charge >= 0.3 is 6.18 Å². The molecule has 0 aliphatic carbocycles. The molecule has 1 N–H and O–H groups in total. The predicted molar refractivity (Wildman–Crippen MR) is 123 cm³/mol. The van der Waals surface area contributed by atoms with Gasteiger partial charge in [0.15, 0.2) is 17.9 Å². The number of aryl methyl sites for hydroxylation is 1. The van der Waals surface area contributed by atoms with Gasteiger partial charge in [0.1, 0.15) is 0 Å². The van der Waals surface area contributed by atoms with E-state index < -0.39 is 18.4 Å². The van der Waals surface area contributed by atoms with Gasteiger partial charge in [0.05, 0.1) is 42.4 Å². The van der Waals surface area contributed by atoms with E-state index in [1.54, 1.807) is 48.0 Å². The van der Waals surface area contributed by atoms with Crippen LogP contribution < -0.4 is 9.47 Å². The molecule has 0 fully saturated rings. The Morgan fingerprint density at radius 3 is 2.40 bits per heavy atom. The van der Waals surface area contributed by atoms with Crippen LogP contribution in [0.15, 0.2) is 55.0 Å². The second-order valence-electron chi connectivity index (χ2n) is 7.66. The number of pyridine rings is 1. The molecule has 0 aliphatic rings. The second-order valence-corrected chi connectivity index (χ2v) is 8.04. The molecule has 1 atom stereocenters. The Balaban J connectivity index is 1.93. The minimum atomic E-state index is -4.59. The van der Waals surface area contributed by atoms with E-state index in [2.05, 4.69) is 14.8 Å². The van der Waals surface area contributed by atoms with E-state index in [1.165, 1.54) is 25.7 Å². The molecule has 0 radical (unpaired) electrons. The highest BCUT2D eigenvalue weighted by atomic mass is 35.5. The highest BCUT2D eigenvalue weighted by molar-refractivity contribution is 6.37. The van der Waals surface area contributed by atoms with Crippen molar-refractivity contribution in [2.75, 3.05) is 13.7 Å². The molecule has 0 saturated heterocycles. The summed E-state index contributed by atoms with van der Waals surface area (Å²) >= 11 is 6.47. The molecule has 2 aromatic carbocycles.